The van der Waals surface area contributed by atoms with Gasteiger partial charge < -0.3 is 28.3 Å². The third-order valence-corrected chi connectivity index (χ3v) is 7.10. The van der Waals surface area contributed by atoms with Crippen LogP contribution in [0.15, 0.2) is 30.3 Å². The average molecular weight is 485 g/mol. The number of nitrogens with one attached hydrogen (secondary N) is 1. The maximum atomic E-state index is 13.1. The first kappa shape index (κ1) is 26.6. The molecule has 1 atom stereocenters. The molecule has 0 spiro atoms. The lowest BCUT2D eigenvalue weighted by Gasteiger charge is -2.36. The van der Waals surface area contributed by atoms with Crippen LogP contribution in [-0.4, -0.2) is 80.7 Å². The smallest absolute Gasteiger partial charge is 0.409 e. The number of carbonyl (C=O) groups excluding carboxylic acids is 3. The largest absolute Gasteiger partial charge is 0.449 e. The van der Waals surface area contributed by atoms with Gasteiger partial charge in [-0.3, -0.25) is 14.7 Å². The normalized spacial score (nSPS) is 15.0. The van der Waals surface area contributed by atoms with Crippen LogP contribution in [0.2, 0.25) is 0 Å². The minimum absolute atomic E-state index is 0.0311. The number of amides is 3. The Kier molecular flexibility index (Phi) is 10.6. The number of hydrogen-bond acceptors (Lipinski definition) is 8. The summed E-state index contributed by atoms with van der Waals surface area (Å²) >= 11 is 0. The summed E-state index contributed by atoms with van der Waals surface area (Å²) in [4.78, 5) is 40.5. The second-order valence-corrected chi connectivity index (χ2v) is 9.62. The van der Waals surface area contributed by atoms with Gasteiger partial charge in [0.2, 0.25) is 5.78 Å². The Labute approximate surface area is 193 Å². The highest BCUT2D eigenvalue weighted by molar-refractivity contribution is 7.55. The van der Waals surface area contributed by atoms with Crippen LogP contribution in [0.5, 0.6) is 0 Å². The molecule has 12 heteroatoms. The summed E-state index contributed by atoms with van der Waals surface area (Å²) in [5, 5.41) is 2.32. The second kappa shape index (κ2) is 13.2. The SMILES string of the molecule is CCCCOC(=O)N1CCN(C(=O)C(NC(=O)OCc2ccccc2)P(=O)(OC)OC)CC1. The standard InChI is InChI=1S/C21H32N3O8P/c1-4-5-15-31-21(27)24-13-11-23(12-14-24)19(25)18(33(28,29-2)30-3)22-20(26)32-16-17-9-7-6-8-10-17/h6-10,18H,4-5,11-16H2,1-3H3,(H,22,26). The van der Waals surface area contributed by atoms with E-state index < -0.39 is 31.5 Å². The lowest BCUT2D eigenvalue weighted by molar-refractivity contribution is -0.133. The molecular formula is C21H32N3O8P. The van der Waals surface area contributed by atoms with E-state index in [1.807, 2.05) is 13.0 Å². The number of unbranched alkanes of at least 4 members (excludes halogenated alkanes) is 1. The highest BCUT2D eigenvalue weighted by Gasteiger charge is 2.44. The molecule has 1 aliphatic rings. The summed E-state index contributed by atoms with van der Waals surface area (Å²) in [6, 6.07) is 8.98. The van der Waals surface area contributed by atoms with Gasteiger partial charge in [-0.05, 0) is 12.0 Å². The van der Waals surface area contributed by atoms with Crippen LogP contribution in [0.1, 0.15) is 25.3 Å². The van der Waals surface area contributed by atoms with Gasteiger partial charge in [-0.25, -0.2) is 9.59 Å². The lowest BCUT2D eigenvalue weighted by atomic mass is 10.2. The van der Waals surface area contributed by atoms with Gasteiger partial charge in [-0.15, -0.1) is 0 Å². The molecule has 0 aromatic heterocycles. The van der Waals surface area contributed by atoms with Crippen LogP contribution in [0.3, 0.4) is 0 Å². The van der Waals surface area contributed by atoms with E-state index in [9.17, 15) is 18.9 Å². The van der Waals surface area contributed by atoms with Crippen molar-refractivity contribution in [2.24, 2.45) is 0 Å². The van der Waals surface area contributed by atoms with Crippen molar-refractivity contribution in [1.82, 2.24) is 15.1 Å². The van der Waals surface area contributed by atoms with Gasteiger partial charge >= 0.3 is 19.8 Å². The molecule has 1 N–H and O–H groups in total. The first-order valence-electron chi connectivity index (χ1n) is 10.7. The Morgan fingerprint density at radius 2 is 1.61 bits per heavy atom. The van der Waals surface area contributed by atoms with E-state index in [0.717, 1.165) is 32.6 Å². The number of alkyl carbamates (subject to hydrolysis) is 1. The van der Waals surface area contributed by atoms with E-state index in [4.69, 9.17) is 18.5 Å². The van der Waals surface area contributed by atoms with E-state index >= 15 is 0 Å². The van der Waals surface area contributed by atoms with E-state index in [-0.39, 0.29) is 32.8 Å². The highest BCUT2D eigenvalue weighted by Crippen LogP contribution is 2.51. The fraction of sp³-hybridized carbons (Fsp3) is 0.571. The zero-order valence-corrected chi connectivity index (χ0v) is 20.1. The fourth-order valence-electron chi connectivity index (χ4n) is 3.12. The molecule has 1 aromatic rings. The minimum atomic E-state index is -4.02. The fourth-order valence-corrected chi connectivity index (χ4v) is 4.38. The highest BCUT2D eigenvalue weighted by atomic mass is 31.2. The Hall–Kier alpha value is -2.62. The predicted molar refractivity (Wildman–Crippen MR) is 120 cm³/mol. The van der Waals surface area contributed by atoms with Crippen molar-refractivity contribution in [2.45, 2.75) is 32.2 Å². The summed E-state index contributed by atoms with van der Waals surface area (Å²) in [5.41, 5.74) is 0.749. The molecule has 1 heterocycles. The van der Waals surface area contributed by atoms with E-state index in [1.165, 1.54) is 9.80 Å². The number of piperazine rings is 1. The molecule has 11 nitrogen and oxygen atoms in total. The van der Waals surface area contributed by atoms with Crippen LogP contribution in [0, 0.1) is 0 Å². The lowest BCUT2D eigenvalue weighted by Crippen LogP contribution is -2.56. The first-order chi connectivity index (χ1) is 15.8. The van der Waals surface area contributed by atoms with Crippen molar-refractivity contribution < 1.29 is 37.5 Å². The second-order valence-electron chi connectivity index (χ2n) is 7.29. The molecule has 3 amide bonds. The van der Waals surface area contributed by atoms with E-state index in [2.05, 4.69) is 5.32 Å². The molecular weight excluding hydrogens is 453 g/mol. The van der Waals surface area contributed by atoms with E-state index in [1.54, 1.807) is 24.3 Å². The Morgan fingerprint density at radius 1 is 1.00 bits per heavy atom. The Bertz CT molecular complexity index is 822. The number of rotatable bonds is 10. The van der Waals surface area contributed by atoms with Crippen molar-refractivity contribution in [2.75, 3.05) is 47.0 Å². The summed E-state index contributed by atoms with van der Waals surface area (Å²) in [5.74, 6) is -2.25. The first-order valence-corrected chi connectivity index (χ1v) is 12.3. The summed E-state index contributed by atoms with van der Waals surface area (Å²) in [6.07, 6.45) is 0.316. The molecule has 1 fully saturated rings. The van der Waals surface area contributed by atoms with Crippen molar-refractivity contribution in [1.29, 1.82) is 0 Å². The van der Waals surface area contributed by atoms with Crippen molar-refractivity contribution >= 4 is 25.7 Å². The Morgan fingerprint density at radius 3 is 2.18 bits per heavy atom. The summed E-state index contributed by atoms with van der Waals surface area (Å²) in [7, 11) is -1.76. The van der Waals surface area contributed by atoms with Crippen LogP contribution in [-0.2, 0) is 34.5 Å². The molecule has 33 heavy (non-hydrogen) atoms. The van der Waals surface area contributed by atoms with Crippen molar-refractivity contribution in [3.63, 3.8) is 0 Å². The van der Waals surface area contributed by atoms with Crippen LogP contribution >= 0.6 is 7.60 Å². The average Bonchev–Trinajstić information content (AvgIpc) is 2.86. The molecule has 184 valence electrons. The van der Waals surface area contributed by atoms with Gasteiger partial charge in [0.1, 0.15) is 6.61 Å². The molecule has 0 bridgehead atoms. The van der Waals surface area contributed by atoms with E-state index in [0.29, 0.717) is 6.61 Å². The number of nitrogens with zero attached hydrogens (tertiary/aromatic N) is 2. The van der Waals surface area contributed by atoms with Crippen molar-refractivity contribution in [3.8, 4) is 0 Å². The molecule has 0 aliphatic carbocycles. The molecule has 1 aromatic carbocycles. The zero-order chi connectivity index (χ0) is 24.3. The van der Waals surface area contributed by atoms with Gasteiger partial charge in [0.05, 0.1) is 6.61 Å². The summed E-state index contributed by atoms with van der Waals surface area (Å²) in [6.45, 7) is 3.14. The van der Waals surface area contributed by atoms with Crippen LogP contribution in [0.25, 0.3) is 0 Å². The van der Waals surface area contributed by atoms with Gasteiger partial charge in [-0.2, -0.15) is 0 Å². The van der Waals surface area contributed by atoms with Crippen molar-refractivity contribution in [3.05, 3.63) is 35.9 Å². The van der Waals surface area contributed by atoms with Gasteiger partial charge in [0.15, 0.2) is 0 Å². The number of benzene rings is 1. The Balaban J connectivity index is 1.99. The number of hydrogen-bond donors (Lipinski definition) is 1. The van der Waals surface area contributed by atoms with Crippen LogP contribution < -0.4 is 5.32 Å². The van der Waals surface area contributed by atoms with Gasteiger partial charge in [0, 0.05) is 40.4 Å². The zero-order valence-electron chi connectivity index (χ0n) is 19.2. The predicted octanol–water partition coefficient (Wildman–Crippen LogP) is 2.81. The maximum Gasteiger partial charge on any atom is 0.409 e. The monoisotopic (exact) mass is 485 g/mol. The third-order valence-electron chi connectivity index (χ3n) is 5.10. The van der Waals surface area contributed by atoms with Gasteiger partial charge in [0.25, 0.3) is 5.91 Å². The number of carbonyl (C=O) groups is 3. The molecule has 1 saturated heterocycles. The van der Waals surface area contributed by atoms with Crippen LogP contribution in [0.4, 0.5) is 9.59 Å². The van der Waals surface area contributed by atoms with Gasteiger partial charge in [-0.1, -0.05) is 43.7 Å². The topological polar surface area (TPSA) is 124 Å². The molecule has 2 rings (SSSR count). The summed E-state index contributed by atoms with van der Waals surface area (Å²) < 4.78 is 33.3. The molecule has 0 radical (unpaired) electrons. The molecule has 0 saturated carbocycles. The third kappa shape index (κ3) is 7.73. The molecule has 1 unspecified atom stereocenters. The number of ether oxygens (including phenoxy) is 2. The molecule has 1 aliphatic heterocycles. The quantitative estimate of drug-likeness (QED) is 0.396. The maximum absolute atomic E-state index is 13.1. The minimum Gasteiger partial charge on any atom is -0.449 e.